The van der Waals surface area contributed by atoms with E-state index in [1.165, 1.54) is 31.2 Å². The molecule has 0 N–H and O–H groups in total. The van der Waals surface area contributed by atoms with Gasteiger partial charge < -0.3 is 0 Å². The van der Waals surface area contributed by atoms with Crippen LogP contribution in [0.2, 0.25) is 0 Å². The highest BCUT2D eigenvalue weighted by atomic mass is 35.5. The molecule has 0 saturated heterocycles. The van der Waals surface area contributed by atoms with Gasteiger partial charge in [0.15, 0.2) is 0 Å². The Hall–Kier alpha value is -0.490. The molecule has 2 unspecified atom stereocenters. The Bertz CT molecular complexity index is 318. The minimum atomic E-state index is 0.0117. The second-order valence-corrected chi connectivity index (χ2v) is 5.26. The SMILES string of the molecule is ClC1(c2ccccc2)C2CCCCC21. The molecule has 0 heterocycles. The van der Waals surface area contributed by atoms with Crippen molar-refractivity contribution < 1.29 is 0 Å². The van der Waals surface area contributed by atoms with Crippen LogP contribution in [0.1, 0.15) is 31.2 Å². The lowest BCUT2D eigenvalue weighted by Gasteiger charge is -2.08. The quantitative estimate of drug-likeness (QED) is 0.611. The summed E-state index contributed by atoms with van der Waals surface area (Å²) in [5, 5.41) is 0. The predicted octanol–water partition coefficient (Wildman–Crippen LogP) is 3.94. The van der Waals surface area contributed by atoms with E-state index in [-0.39, 0.29) is 4.87 Å². The van der Waals surface area contributed by atoms with Crippen molar-refractivity contribution in [3.63, 3.8) is 0 Å². The molecule has 2 atom stereocenters. The van der Waals surface area contributed by atoms with Gasteiger partial charge >= 0.3 is 0 Å². The number of alkyl halides is 1. The molecule has 0 radical (unpaired) electrons. The summed E-state index contributed by atoms with van der Waals surface area (Å²) >= 11 is 6.74. The maximum atomic E-state index is 6.74. The fourth-order valence-electron chi connectivity index (χ4n) is 3.17. The molecule has 2 saturated carbocycles. The molecule has 2 aliphatic rings. The van der Waals surface area contributed by atoms with Gasteiger partial charge in [0, 0.05) is 0 Å². The summed E-state index contributed by atoms with van der Waals surface area (Å²) < 4.78 is 0. The van der Waals surface area contributed by atoms with E-state index in [0.29, 0.717) is 0 Å². The average molecular weight is 207 g/mol. The zero-order valence-electron chi connectivity index (χ0n) is 8.25. The average Bonchev–Trinajstić information content (AvgIpc) is 2.89. The van der Waals surface area contributed by atoms with Crippen LogP contribution in [0.4, 0.5) is 0 Å². The summed E-state index contributed by atoms with van der Waals surface area (Å²) in [6, 6.07) is 10.6. The molecule has 2 aliphatic carbocycles. The Morgan fingerprint density at radius 1 is 1.00 bits per heavy atom. The first-order valence-corrected chi connectivity index (χ1v) is 5.95. The van der Waals surface area contributed by atoms with Gasteiger partial charge in [-0.15, -0.1) is 11.6 Å². The fourth-order valence-corrected chi connectivity index (χ4v) is 3.76. The van der Waals surface area contributed by atoms with E-state index in [4.69, 9.17) is 11.6 Å². The first kappa shape index (κ1) is 8.79. The van der Waals surface area contributed by atoms with E-state index in [0.717, 1.165) is 11.8 Å². The summed E-state index contributed by atoms with van der Waals surface area (Å²) in [7, 11) is 0. The van der Waals surface area contributed by atoms with Crippen molar-refractivity contribution in [3.05, 3.63) is 35.9 Å². The van der Waals surface area contributed by atoms with Gasteiger partial charge in [-0.25, -0.2) is 0 Å². The normalized spacial score (nSPS) is 40.4. The molecule has 0 nitrogen and oxygen atoms in total. The Morgan fingerprint density at radius 3 is 2.14 bits per heavy atom. The van der Waals surface area contributed by atoms with Crippen LogP contribution in [0.5, 0.6) is 0 Å². The molecule has 1 aromatic carbocycles. The number of fused-ring (bicyclic) bond motifs is 1. The molecule has 74 valence electrons. The highest BCUT2D eigenvalue weighted by Gasteiger charge is 2.64. The van der Waals surface area contributed by atoms with Crippen LogP contribution in [-0.2, 0) is 4.87 Å². The van der Waals surface area contributed by atoms with Crippen molar-refractivity contribution in [1.29, 1.82) is 0 Å². The minimum Gasteiger partial charge on any atom is -0.113 e. The van der Waals surface area contributed by atoms with Gasteiger partial charge in [0.25, 0.3) is 0 Å². The zero-order chi connectivity index (χ0) is 9.60. The molecule has 14 heavy (non-hydrogen) atoms. The highest BCUT2D eigenvalue weighted by Crippen LogP contribution is 2.68. The predicted molar refractivity (Wildman–Crippen MR) is 59.4 cm³/mol. The van der Waals surface area contributed by atoms with Gasteiger partial charge in [-0.1, -0.05) is 43.2 Å². The van der Waals surface area contributed by atoms with Crippen molar-refractivity contribution in [2.24, 2.45) is 11.8 Å². The van der Waals surface area contributed by atoms with Crippen LogP contribution in [0.25, 0.3) is 0 Å². The van der Waals surface area contributed by atoms with Gasteiger partial charge in [-0.2, -0.15) is 0 Å². The van der Waals surface area contributed by atoms with Crippen LogP contribution < -0.4 is 0 Å². The second kappa shape index (κ2) is 3.00. The van der Waals surface area contributed by atoms with E-state index in [1.807, 2.05) is 0 Å². The Kier molecular flexibility index (Phi) is 1.88. The molecule has 0 spiro atoms. The lowest BCUT2D eigenvalue weighted by molar-refractivity contribution is 0.480. The third-order valence-corrected chi connectivity index (χ3v) is 4.73. The third kappa shape index (κ3) is 1.07. The Balaban J connectivity index is 1.92. The number of rotatable bonds is 1. The topological polar surface area (TPSA) is 0 Å². The molecule has 0 amide bonds. The largest absolute Gasteiger partial charge is 0.113 e. The van der Waals surface area contributed by atoms with Crippen molar-refractivity contribution in [2.45, 2.75) is 30.6 Å². The van der Waals surface area contributed by atoms with Gasteiger partial charge in [0.05, 0.1) is 4.87 Å². The van der Waals surface area contributed by atoms with Crippen LogP contribution in [-0.4, -0.2) is 0 Å². The summed E-state index contributed by atoms with van der Waals surface area (Å²) in [5.41, 5.74) is 1.35. The summed E-state index contributed by atoms with van der Waals surface area (Å²) in [6.07, 6.45) is 5.43. The maximum Gasteiger partial charge on any atom is 0.0757 e. The van der Waals surface area contributed by atoms with E-state index in [9.17, 15) is 0 Å². The van der Waals surface area contributed by atoms with Gasteiger partial charge in [-0.05, 0) is 30.2 Å². The molecule has 3 rings (SSSR count). The van der Waals surface area contributed by atoms with Gasteiger partial charge in [-0.3, -0.25) is 0 Å². The zero-order valence-corrected chi connectivity index (χ0v) is 9.00. The summed E-state index contributed by atoms with van der Waals surface area (Å²) in [4.78, 5) is 0.0117. The number of hydrogen-bond acceptors (Lipinski definition) is 0. The van der Waals surface area contributed by atoms with E-state index >= 15 is 0 Å². The fraction of sp³-hybridized carbons (Fsp3) is 0.538. The van der Waals surface area contributed by atoms with Crippen LogP contribution in [0.3, 0.4) is 0 Å². The van der Waals surface area contributed by atoms with Crippen molar-refractivity contribution in [2.75, 3.05) is 0 Å². The number of hydrogen-bond donors (Lipinski definition) is 0. The van der Waals surface area contributed by atoms with Crippen molar-refractivity contribution in [3.8, 4) is 0 Å². The Labute approximate surface area is 90.3 Å². The number of benzene rings is 1. The standard InChI is InChI=1S/C13H15Cl/c14-13(10-6-2-1-3-7-10)11-8-4-5-9-12(11)13/h1-3,6-7,11-12H,4-5,8-9H2. The first-order valence-electron chi connectivity index (χ1n) is 5.58. The highest BCUT2D eigenvalue weighted by molar-refractivity contribution is 6.26. The molecule has 1 aromatic rings. The van der Waals surface area contributed by atoms with Gasteiger partial charge in [0.2, 0.25) is 0 Å². The molecule has 0 aromatic heterocycles. The molecular formula is C13H15Cl. The second-order valence-electron chi connectivity index (χ2n) is 4.63. The van der Waals surface area contributed by atoms with Crippen LogP contribution in [0.15, 0.2) is 30.3 Å². The third-order valence-electron chi connectivity index (χ3n) is 3.95. The van der Waals surface area contributed by atoms with Crippen molar-refractivity contribution in [1.82, 2.24) is 0 Å². The first-order chi connectivity index (χ1) is 6.83. The molecule has 2 fully saturated rings. The molecular weight excluding hydrogens is 192 g/mol. The van der Waals surface area contributed by atoms with Crippen molar-refractivity contribution >= 4 is 11.6 Å². The lowest BCUT2D eigenvalue weighted by atomic mass is 10.0. The number of halogens is 1. The van der Waals surface area contributed by atoms with E-state index < -0.39 is 0 Å². The summed E-state index contributed by atoms with van der Waals surface area (Å²) in [6.45, 7) is 0. The van der Waals surface area contributed by atoms with Crippen LogP contribution >= 0.6 is 11.6 Å². The monoisotopic (exact) mass is 206 g/mol. The lowest BCUT2D eigenvalue weighted by Crippen LogP contribution is -2.01. The van der Waals surface area contributed by atoms with E-state index in [2.05, 4.69) is 30.3 Å². The van der Waals surface area contributed by atoms with Gasteiger partial charge in [0.1, 0.15) is 0 Å². The molecule has 1 heteroatoms. The Morgan fingerprint density at radius 2 is 1.57 bits per heavy atom. The summed E-state index contributed by atoms with van der Waals surface area (Å²) in [5.74, 6) is 1.53. The molecule has 0 aliphatic heterocycles. The van der Waals surface area contributed by atoms with Crippen LogP contribution in [0, 0.1) is 11.8 Å². The maximum absolute atomic E-state index is 6.74. The molecule has 0 bridgehead atoms. The van der Waals surface area contributed by atoms with E-state index in [1.54, 1.807) is 0 Å². The smallest absolute Gasteiger partial charge is 0.0757 e. The minimum absolute atomic E-state index is 0.0117.